The summed E-state index contributed by atoms with van der Waals surface area (Å²) in [6.07, 6.45) is 4.44. The van der Waals surface area contributed by atoms with Crippen molar-refractivity contribution in [2.24, 2.45) is 5.41 Å². The van der Waals surface area contributed by atoms with Gasteiger partial charge < -0.3 is 16.0 Å². The summed E-state index contributed by atoms with van der Waals surface area (Å²) in [7, 11) is 0. The fraction of sp³-hybridized carbons (Fsp3) is 0.667. The van der Waals surface area contributed by atoms with Crippen LogP contribution in [0.15, 0.2) is 18.3 Å². The Morgan fingerprint density at radius 2 is 2.21 bits per heavy atom. The average molecular weight is 260 g/mol. The Morgan fingerprint density at radius 1 is 1.42 bits per heavy atom. The van der Waals surface area contributed by atoms with Crippen LogP contribution in [0.25, 0.3) is 0 Å². The van der Waals surface area contributed by atoms with Crippen molar-refractivity contribution in [3.05, 3.63) is 18.3 Å². The van der Waals surface area contributed by atoms with Crippen LogP contribution < -0.4 is 16.0 Å². The second-order valence-corrected chi connectivity index (χ2v) is 6.92. The van der Waals surface area contributed by atoms with Crippen LogP contribution >= 0.6 is 0 Å². The molecular weight excluding hydrogens is 236 g/mol. The molecule has 0 spiro atoms. The highest BCUT2D eigenvalue weighted by Crippen LogP contribution is 2.49. The highest BCUT2D eigenvalue weighted by atomic mass is 15.3. The van der Waals surface area contributed by atoms with Gasteiger partial charge in [0.05, 0.1) is 17.4 Å². The van der Waals surface area contributed by atoms with Crippen molar-refractivity contribution in [1.82, 2.24) is 10.3 Å². The van der Waals surface area contributed by atoms with E-state index in [0.29, 0.717) is 11.9 Å². The minimum atomic E-state index is 0.188. The Labute approximate surface area is 115 Å². The number of hydrogen-bond donors (Lipinski definition) is 2. The summed E-state index contributed by atoms with van der Waals surface area (Å²) >= 11 is 0. The molecule has 0 aromatic carbocycles. The number of fused-ring (bicyclic) bond motifs is 2. The zero-order valence-electron chi connectivity index (χ0n) is 12.1. The SMILES string of the molecule is CC(C)(C)C12CCC(CNC1)N2c1ccc(N)nc1. The summed E-state index contributed by atoms with van der Waals surface area (Å²) in [5.74, 6) is 0.594. The van der Waals surface area contributed by atoms with Gasteiger partial charge in [-0.15, -0.1) is 0 Å². The highest BCUT2D eigenvalue weighted by molar-refractivity contribution is 5.54. The molecule has 0 amide bonds. The molecule has 2 aliphatic rings. The van der Waals surface area contributed by atoms with Gasteiger partial charge in [0.25, 0.3) is 0 Å². The number of hydrogen-bond acceptors (Lipinski definition) is 4. The third-order valence-electron chi connectivity index (χ3n) is 4.96. The number of pyridine rings is 1. The Hall–Kier alpha value is -1.29. The number of nitrogen functional groups attached to an aromatic ring is 1. The highest BCUT2D eigenvalue weighted by Gasteiger charge is 2.55. The van der Waals surface area contributed by atoms with Gasteiger partial charge >= 0.3 is 0 Å². The van der Waals surface area contributed by atoms with Gasteiger partial charge in [-0.1, -0.05) is 20.8 Å². The van der Waals surface area contributed by atoms with E-state index in [0.717, 1.165) is 13.1 Å². The molecule has 19 heavy (non-hydrogen) atoms. The fourth-order valence-electron chi connectivity index (χ4n) is 3.82. The lowest BCUT2D eigenvalue weighted by Crippen LogP contribution is -2.66. The molecule has 0 radical (unpaired) electrons. The van der Waals surface area contributed by atoms with E-state index in [1.165, 1.54) is 18.5 Å². The molecule has 1 aromatic rings. The number of nitrogens with one attached hydrogen (secondary N) is 1. The van der Waals surface area contributed by atoms with Gasteiger partial charge in [-0.05, 0) is 30.4 Å². The van der Waals surface area contributed by atoms with Gasteiger partial charge in [0.1, 0.15) is 5.82 Å². The lowest BCUT2D eigenvalue weighted by molar-refractivity contribution is 0.168. The van der Waals surface area contributed by atoms with Crippen LogP contribution in [0, 0.1) is 5.41 Å². The summed E-state index contributed by atoms with van der Waals surface area (Å²) in [5, 5.41) is 3.62. The third kappa shape index (κ3) is 1.81. The van der Waals surface area contributed by atoms with Crippen molar-refractivity contribution in [2.75, 3.05) is 23.7 Å². The van der Waals surface area contributed by atoms with Crippen LogP contribution in [0.1, 0.15) is 33.6 Å². The van der Waals surface area contributed by atoms with E-state index in [9.17, 15) is 0 Å². The molecule has 0 aliphatic carbocycles. The molecule has 2 fully saturated rings. The monoisotopic (exact) mass is 260 g/mol. The molecule has 4 heteroatoms. The first-order valence-electron chi connectivity index (χ1n) is 7.16. The van der Waals surface area contributed by atoms with Crippen molar-refractivity contribution in [3.8, 4) is 0 Å². The first kappa shape index (κ1) is 12.7. The Kier molecular flexibility index (Phi) is 2.75. The summed E-state index contributed by atoms with van der Waals surface area (Å²) in [4.78, 5) is 6.89. The van der Waals surface area contributed by atoms with Crippen LogP contribution in [0.4, 0.5) is 11.5 Å². The Bertz CT molecular complexity index is 458. The van der Waals surface area contributed by atoms with Gasteiger partial charge in [-0.2, -0.15) is 0 Å². The first-order chi connectivity index (χ1) is 8.94. The van der Waals surface area contributed by atoms with Gasteiger partial charge in [-0.3, -0.25) is 0 Å². The summed E-state index contributed by atoms with van der Waals surface area (Å²) in [6.45, 7) is 9.17. The van der Waals surface area contributed by atoms with E-state index in [1.54, 1.807) is 0 Å². The quantitative estimate of drug-likeness (QED) is 0.811. The van der Waals surface area contributed by atoms with E-state index in [2.05, 4.69) is 42.0 Å². The molecule has 104 valence electrons. The van der Waals surface area contributed by atoms with Crippen LogP contribution in [0.5, 0.6) is 0 Å². The summed E-state index contributed by atoms with van der Waals surface area (Å²) < 4.78 is 0. The maximum Gasteiger partial charge on any atom is 0.123 e. The predicted octanol–water partition coefficient (Wildman–Crippen LogP) is 2.02. The zero-order valence-corrected chi connectivity index (χ0v) is 12.1. The molecule has 3 heterocycles. The lowest BCUT2D eigenvalue weighted by atomic mass is 9.71. The van der Waals surface area contributed by atoms with Gasteiger partial charge in [0.15, 0.2) is 0 Å². The molecule has 2 atom stereocenters. The summed E-state index contributed by atoms with van der Waals surface area (Å²) in [5.41, 5.74) is 7.35. The molecule has 1 aromatic heterocycles. The number of anilines is 2. The standard InChI is InChI=1S/C15H24N4/c1-14(2,3)15-7-6-12(8-17-10-15)19(15)11-4-5-13(16)18-9-11/h4-5,9,12,17H,6-8,10H2,1-3H3,(H2,16,18). The van der Waals surface area contributed by atoms with Gasteiger partial charge in [0, 0.05) is 19.1 Å². The molecule has 0 saturated carbocycles. The van der Waals surface area contributed by atoms with Crippen molar-refractivity contribution in [1.29, 1.82) is 0 Å². The molecular formula is C15H24N4. The van der Waals surface area contributed by atoms with Crippen molar-refractivity contribution in [3.63, 3.8) is 0 Å². The van der Waals surface area contributed by atoms with Crippen LogP contribution in [0.3, 0.4) is 0 Å². The number of piperazine rings is 1. The second kappa shape index (κ2) is 4.10. The predicted molar refractivity (Wildman–Crippen MR) is 79.2 cm³/mol. The number of nitrogens with two attached hydrogens (primary N) is 1. The number of aromatic nitrogens is 1. The molecule has 2 saturated heterocycles. The van der Waals surface area contributed by atoms with Gasteiger partial charge in [0.2, 0.25) is 0 Å². The molecule has 3 N–H and O–H groups in total. The first-order valence-corrected chi connectivity index (χ1v) is 7.16. The fourth-order valence-corrected chi connectivity index (χ4v) is 3.82. The van der Waals surface area contributed by atoms with Crippen molar-refractivity contribution < 1.29 is 0 Å². The number of rotatable bonds is 1. The maximum absolute atomic E-state index is 5.72. The summed E-state index contributed by atoms with van der Waals surface area (Å²) in [6, 6.07) is 4.61. The Morgan fingerprint density at radius 3 is 2.84 bits per heavy atom. The molecule has 2 aliphatic heterocycles. The third-order valence-corrected chi connectivity index (χ3v) is 4.96. The van der Waals surface area contributed by atoms with Crippen LogP contribution in [0.2, 0.25) is 0 Å². The minimum absolute atomic E-state index is 0.188. The van der Waals surface area contributed by atoms with Gasteiger partial charge in [-0.25, -0.2) is 4.98 Å². The van der Waals surface area contributed by atoms with E-state index < -0.39 is 0 Å². The smallest absolute Gasteiger partial charge is 0.123 e. The molecule has 3 rings (SSSR count). The van der Waals surface area contributed by atoms with E-state index in [1.807, 2.05) is 12.3 Å². The van der Waals surface area contributed by atoms with Crippen LogP contribution in [-0.2, 0) is 0 Å². The normalized spacial score (nSPS) is 30.7. The van der Waals surface area contributed by atoms with Crippen molar-refractivity contribution >= 4 is 11.5 Å². The maximum atomic E-state index is 5.72. The zero-order chi connectivity index (χ0) is 13.7. The molecule has 2 unspecified atom stereocenters. The largest absolute Gasteiger partial charge is 0.384 e. The molecule has 2 bridgehead atoms. The van der Waals surface area contributed by atoms with E-state index in [4.69, 9.17) is 5.73 Å². The lowest BCUT2D eigenvalue weighted by Gasteiger charge is -2.53. The molecule has 4 nitrogen and oxygen atoms in total. The van der Waals surface area contributed by atoms with E-state index in [-0.39, 0.29) is 11.0 Å². The minimum Gasteiger partial charge on any atom is -0.384 e. The van der Waals surface area contributed by atoms with E-state index >= 15 is 0 Å². The topological polar surface area (TPSA) is 54.2 Å². The van der Waals surface area contributed by atoms with Crippen LogP contribution in [-0.4, -0.2) is 29.7 Å². The number of nitrogens with zero attached hydrogens (tertiary/aromatic N) is 2. The average Bonchev–Trinajstić information content (AvgIpc) is 2.58. The Balaban J connectivity index is 2.05. The van der Waals surface area contributed by atoms with Crippen molar-refractivity contribution in [2.45, 2.75) is 45.2 Å². The second-order valence-electron chi connectivity index (χ2n) is 6.92.